The maximum atomic E-state index is 12.5. The lowest BCUT2D eigenvalue weighted by molar-refractivity contribution is 0.0990. The second kappa shape index (κ2) is 4.78. The van der Waals surface area contributed by atoms with Gasteiger partial charge in [0.2, 0.25) is 0 Å². The Morgan fingerprint density at radius 2 is 1.75 bits per heavy atom. The van der Waals surface area contributed by atoms with Crippen LogP contribution in [0, 0.1) is 0 Å². The number of carbonyl (C=O) groups excluding carboxylic acids is 1. The molecular weight excluding hydrogens is 264 g/mol. The monoisotopic (exact) mass is 282 g/mol. The van der Waals surface area contributed by atoms with Crippen molar-refractivity contribution >= 4 is 17.5 Å². The van der Waals surface area contributed by atoms with E-state index in [0.29, 0.717) is 6.42 Å². The highest BCUT2D eigenvalue weighted by Crippen LogP contribution is 2.38. The fourth-order valence-corrected chi connectivity index (χ4v) is 3.51. The number of carbonyl (C=O) groups is 1. The number of ketones is 1. The third kappa shape index (κ3) is 2.40. The fourth-order valence-electron chi connectivity index (χ4n) is 2.44. The van der Waals surface area contributed by atoms with Crippen molar-refractivity contribution in [3.8, 4) is 0 Å². The van der Waals surface area contributed by atoms with Gasteiger partial charge in [-0.25, -0.2) is 0 Å². The lowest BCUT2D eigenvalue weighted by Gasteiger charge is -2.20. The summed E-state index contributed by atoms with van der Waals surface area (Å²) in [7, 11) is 0. The van der Waals surface area contributed by atoms with E-state index < -0.39 is 0 Å². The fraction of sp³-hybridized carbons (Fsp3) is 0.278. The third-order valence-electron chi connectivity index (χ3n) is 3.69. The molecule has 2 aromatic rings. The molecule has 0 aliphatic carbocycles. The topological polar surface area (TPSA) is 17.1 Å². The van der Waals surface area contributed by atoms with Crippen molar-refractivity contribution in [2.45, 2.75) is 42.4 Å². The van der Waals surface area contributed by atoms with Gasteiger partial charge in [0.15, 0.2) is 5.78 Å². The number of fused-ring (bicyclic) bond motifs is 2. The van der Waals surface area contributed by atoms with E-state index in [1.807, 2.05) is 12.1 Å². The van der Waals surface area contributed by atoms with E-state index in [9.17, 15) is 4.79 Å². The molecular formula is C18H18OS. The van der Waals surface area contributed by atoms with Crippen LogP contribution in [-0.2, 0) is 11.8 Å². The number of benzene rings is 2. The summed E-state index contributed by atoms with van der Waals surface area (Å²) in [4.78, 5) is 14.8. The van der Waals surface area contributed by atoms with Crippen LogP contribution in [0.25, 0.3) is 0 Å². The SMILES string of the molecule is CC(C)(C)c1ccc2c(c1)C(=O)Cc1ccccc1S2. The summed E-state index contributed by atoms with van der Waals surface area (Å²) in [6.45, 7) is 6.54. The average molecular weight is 282 g/mol. The molecule has 0 saturated carbocycles. The molecule has 2 aromatic carbocycles. The molecule has 0 aromatic heterocycles. The van der Waals surface area contributed by atoms with Crippen LogP contribution in [0.3, 0.4) is 0 Å². The van der Waals surface area contributed by atoms with Crippen LogP contribution in [-0.4, -0.2) is 5.78 Å². The molecule has 0 amide bonds. The predicted octanol–water partition coefficient (Wildman–Crippen LogP) is 4.87. The summed E-state index contributed by atoms with van der Waals surface area (Å²) in [5.41, 5.74) is 3.30. The molecule has 0 fully saturated rings. The second-order valence-electron chi connectivity index (χ2n) is 6.27. The van der Waals surface area contributed by atoms with E-state index in [0.717, 1.165) is 16.0 Å². The molecule has 0 bridgehead atoms. The van der Waals surface area contributed by atoms with Crippen LogP contribution in [0.15, 0.2) is 52.3 Å². The smallest absolute Gasteiger partial charge is 0.168 e. The highest BCUT2D eigenvalue weighted by atomic mass is 32.2. The van der Waals surface area contributed by atoms with Gasteiger partial charge in [0.25, 0.3) is 0 Å². The Morgan fingerprint density at radius 3 is 2.50 bits per heavy atom. The highest BCUT2D eigenvalue weighted by molar-refractivity contribution is 7.99. The van der Waals surface area contributed by atoms with E-state index in [1.54, 1.807) is 11.8 Å². The second-order valence-corrected chi connectivity index (χ2v) is 7.35. The van der Waals surface area contributed by atoms with Gasteiger partial charge in [0, 0.05) is 21.8 Å². The van der Waals surface area contributed by atoms with Gasteiger partial charge < -0.3 is 0 Å². The Balaban J connectivity index is 2.11. The van der Waals surface area contributed by atoms with Crippen LogP contribution >= 0.6 is 11.8 Å². The van der Waals surface area contributed by atoms with E-state index in [2.05, 4.69) is 51.1 Å². The van der Waals surface area contributed by atoms with Gasteiger partial charge in [-0.1, -0.05) is 56.8 Å². The number of Topliss-reactive ketones (excluding diaryl/α,β-unsaturated/α-hetero) is 1. The van der Waals surface area contributed by atoms with Crippen LogP contribution in [0.4, 0.5) is 0 Å². The van der Waals surface area contributed by atoms with Gasteiger partial charge in [-0.3, -0.25) is 4.79 Å². The Morgan fingerprint density at radius 1 is 1.00 bits per heavy atom. The minimum Gasteiger partial charge on any atom is -0.294 e. The zero-order valence-corrected chi connectivity index (χ0v) is 12.9. The Kier molecular flexibility index (Phi) is 3.21. The standard InChI is InChI=1S/C18H18OS/c1-18(2,3)13-8-9-17-14(11-13)15(19)10-12-6-4-5-7-16(12)20-17/h4-9,11H,10H2,1-3H3. The zero-order chi connectivity index (χ0) is 14.3. The van der Waals surface area contributed by atoms with E-state index in [1.165, 1.54) is 10.5 Å². The van der Waals surface area contributed by atoms with E-state index in [-0.39, 0.29) is 11.2 Å². The van der Waals surface area contributed by atoms with Crippen molar-refractivity contribution in [1.82, 2.24) is 0 Å². The first kappa shape index (κ1) is 13.4. The first-order chi connectivity index (χ1) is 9.45. The molecule has 0 spiro atoms. The predicted molar refractivity (Wildman–Crippen MR) is 83.7 cm³/mol. The lowest BCUT2D eigenvalue weighted by Crippen LogP contribution is -2.13. The Hall–Kier alpha value is -1.54. The summed E-state index contributed by atoms with van der Waals surface area (Å²) in [5, 5.41) is 0. The molecule has 0 radical (unpaired) electrons. The third-order valence-corrected chi connectivity index (χ3v) is 4.88. The molecule has 0 atom stereocenters. The minimum atomic E-state index is 0.0686. The molecule has 0 saturated heterocycles. The minimum absolute atomic E-state index is 0.0686. The molecule has 3 rings (SSSR count). The number of hydrogen-bond acceptors (Lipinski definition) is 2. The van der Waals surface area contributed by atoms with Crippen molar-refractivity contribution in [3.63, 3.8) is 0 Å². The molecule has 0 N–H and O–H groups in total. The summed E-state index contributed by atoms with van der Waals surface area (Å²) < 4.78 is 0. The van der Waals surface area contributed by atoms with Crippen LogP contribution in [0.2, 0.25) is 0 Å². The normalized spacial score (nSPS) is 14.4. The zero-order valence-electron chi connectivity index (χ0n) is 12.1. The van der Waals surface area contributed by atoms with Gasteiger partial charge in [-0.2, -0.15) is 0 Å². The summed E-state index contributed by atoms with van der Waals surface area (Å²) in [6, 6.07) is 14.5. The molecule has 20 heavy (non-hydrogen) atoms. The molecule has 1 aliphatic rings. The molecule has 1 heterocycles. The van der Waals surface area contributed by atoms with Gasteiger partial charge in [0.1, 0.15) is 0 Å². The van der Waals surface area contributed by atoms with Crippen molar-refractivity contribution in [1.29, 1.82) is 0 Å². The van der Waals surface area contributed by atoms with Crippen LogP contribution in [0.1, 0.15) is 42.3 Å². The van der Waals surface area contributed by atoms with Crippen molar-refractivity contribution in [2.24, 2.45) is 0 Å². The summed E-state index contributed by atoms with van der Waals surface area (Å²) >= 11 is 1.71. The first-order valence-corrected chi connectivity index (χ1v) is 7.70. The number of hydrogen-bond donors (Lipinski definition) is 0. The van der Waals surface area contributed by atoms with E-state index in [4.69, 9.17) is 0 Å². The molecule has 1 aliphatic heterocycles. The van der Waals surface area contributed by atoms with Crippen molar-refractivity contribution in [3.05, 3.63) is 59.2 Å². The summed E-state index contributed by atoms with van der Waals surface area (Å²) in [5.74, 6) is 0.226. The maximum absolute atomic E-state index is 12.5. The van der Waals surface area contributed by atoms with E-state index >= 15 is 0 Å². The molecule has 102 valence electrons. The lowest BCUT2D eigenvalue weighted by atomic mass is 9.85. The average Bonchev–Trinajstić information content (AvgIpc) is 2.53. The number of rotatable bonds is 0. The molecule has 0 unspecified atom stereocenters. The Labute approximate surface area is 124 Å². The first-order valence-electron chi connectivity index (χ1n) is 6.88. The van der Waals surface area contributed by atoms with Crippen molar-refractivity contribution < 1.29 is 4.79 Å². The molecule has 1 nitrogen and oxygen atoms in total. The van der Waals surface area contributed by atoms with Crippen LogP contribution < -0.4 is 0 Å². The highest BCUT2D eigenvalue weighted by Gasteiger charge is 2.22. The van der Waals surface area contributed by atoms with Gasteiger partial charge in [-0.15, -0.1) is 0 Å². The van der Waals surface area contributed by atoms with Gasteiger partial charge in [-0.05, 0) is 34.7 Å². The van der Waals surface area contributed by atoms with Gasteiger partial charge >= 0.3 is 0 Å². The summed E-state index contributed by atoms with van der Waals surface area (Å²) in [6.07, 6.45) is 0.504. The van der Waals surface area contributed by atoms with Crippen LogP contribution in [0.5, 0.6) is 0 Å². The Bertz CT molecular complexity index is 680. The molecule has 2 heteroatoms. The quantitative estimate of drug-likeness (QED) is 0.685. The maximum Gasteiger partial charge on any atom is 0.168 e. The van der Waals surface area contributed by atoms with Crippen molar-refractivity contribution in [2.75, 3.05) is 0 Å². The van der Waals surface area contributed by atoms with Gasteiger partial charge in [0.05, 0.1) is 0 Å². The largest absolute Gasteiger partial charge is 0.294 e.